The van der Waals surface area contributed by atoms with Gasteiger partial charge in [0.1, 0.15) is 0 Å². The van der Waals surface area contributed by atoms with E-state index in [-0.39, 0.29) is 0 Å². The maximum absolute atomic E-state index is 5.67. The van der Waals surface area contributed by atoms with Crippen molar-refractivity contribution < 1.29 is 0 Å². The molecule has 2 aromatic carbocycles. The Morgan fingerprint density at radius 1 is 0.895 bits per heavy atom. The van der Waals surface area contributed by atoms with Crippen LogP contribution >= 0.6 is 0 Å². The van der Waals surface area contributed by atoms with Crippen LogP contribution in [0.2, 0.25) is 0 Å². The van der Waals surface area contributed by atoms with E-state index in [0.29, 0.717) is 0 Å². The lowest BCUT2D eigenvalue weighted by Gasteiger charge is -2.10. The Hall–Kier alpha value is -1.86. The van der Waals surface area contributed by atoms with E-state index in [0.717, 1.165) is 25.8 Å². The lowest BCUT2D eigenvalue weighted by Crippen LogP contribution is -1.99. The minimum absolute atomic E-state index is 0.751. The molecule has 0 amide bonds. The summed E-state index contributed by atoms with van der Waals surface area (Å²) in [6.45, 7) is 0.751. The van der Waals surface area contributed by atoms with E-state index in [9.17, 15) is 0 Å². The van der Waals surface area contributed by atoms with Crippen LogP contribution in [-0.4, -0.2) is 6.54 Å². The maximum atomic E-state index is 5.67. The molecule has 0 bridgehead atoms. The largest absolute Gasteiger partial charge is 0.330 e. The van der Waals surface area contributed by atoms with Crippen molar-refractivity contribution in [1.29, 1.82) is 0 Å². The number of benzene rings is 2. The smallest absolute Gasteiger partial charge is 0.00138 e. The summed E-state index contributed by atoms with van der Waals surface area (Å²) in [4.78, 5) is 0. The van der Waals surface area contributed by atoms with Crippen LogP contribution in [0.5, 0.6) is 0 Å². The van der Waals surface area contributed by atoms with Crippen molar-refractivity contribution in [3.05, 3.63) is 70.8 Å². The van der Waals surface area contributed by atoms with E-state index >= 15 is 0 Å². The maximum Gasteiger partial charge on any atom is -0.00138 e. The van der Waals surface area contributed by atoms with Gasteiger partial charge >= 0.3 is 0 Å². The Balaban J connectivity index is 2.11. The van der Waals surface area contributed by atoms with Crippen molar-refractivity contribution in [2.24, 2.45) is 5.73 Å². The molecule has 0 atom stereocenters. The Labute approximate surface area is 114 Å². The second-order valence-electron chi connectivity index (χ2n) is 5.09. The monoisotopic (exact) mass is 249 g/mol. The molecule has 0 saturated carbocycles. The first-order valence-electron chi connectivity index (χ1n) is 6.95. The average molecular weight is 249 g/mol. The Morgan fingerprint density at radius 2 is 1.63 bits per heavy atom. The first-order valence-corrected chi connectivity index (χ1v) is 6.95. The van der Waals surface area contributed by atoms with Gasteiger partial charge in [0, 0.05) is 0 Å². The zero-order chi connectivity index (χ0) is 13.1. The predicted octanol–water partition coefficient (Wildman–Crippen LogP) is 3.87. The van der Waals surface area contributed by atoms with Gasteiger partial charge in [-0.05, 0) is 53.6 Å². The third-order valence-electron chi connectivity index (χ3n) is 3.78. The SMILES string of the molecule is NCCCC1=Cc2ccccc2Cc2ccccc21. The van der Waals surface area contributed by atoms with Crippen LogP contribution in [0.4, 0.5) is 0 Å². The molecule has 1 aliphatic carbocycles. The summed E-state index contributed by atoms with van der Waals surface area (Å²) >= 11 is 0. The van der Waals surface area contributed by atoms with E-state index < -0.39 is 0 Å². The van der Waals surface area contributed by atoms with Crippen LogP contribution in [0.3, 0.4) is 0 Å². The average Bonchev–Trinajstić information content (AvgIpc) is 2.61. The number of fused-ring (bicyclic) bond motifs is 2. The highest BCUT2D eigenvalue weighted by atomic mass is 14.5. The van der Waals surface area contributed by atoms with Gasteiger partial charge in [0.25, 0.3) is 0 Å². The number of rotatable bonds is 3. The summed E-state index contributed by atoms with van der Waals surface area (Å²) in [6, 6.07) is 17.4. The molecule has 0 fully saturated rings. The van der Waals surface area contributed by atoms with Crippen molar-refractivity contribution in [1.82, 2.24) is 0 Å². The third kappa shape index (κ3) is 2.47. The van der Waals surface area contributed by atoms with Gasteiger partial charge in [-0.3, -0.25) is 0 Å². The standard InChI is InChI=1S/C18H19N/c19-11-5-9-17-13-15-7-2-1-6-14(15)12-16-8-3-4-10-18(16)17/h1-4,6-8,10,13H,5,9,11-12,19H2. The minimum Gasteiger partial charge on any atom is -0.330 e. The lowest BCUT2D eigenvalue weighted by molar-refractivity contribution is 0.866. The summed E-state index contributed by atoms with van der Waals surface area (Å²) in [5.41, 5.74) is 12.7. The Bertz CT molecular complexity index is 611. The molecule has 1 aliphatic rings. The summed E-state index contributed by atoms with van der Waals surface area (Å²) in [6.07, 6.45) is 5.47. The van der Waals surface area contributed by atoms with Crippen molar-refractivity contribution in [2.45, 2.75) is 19.3 Å². The fraction of sp³-hybridized carbons (Fsp3) is 0.222. The molecule has 0 aliphatic heterocycles. The second-order valence-corrected chi connectivity index (χ2v) is 5.09. The molecule has 96 valence electrons. The Kier molecular flexibility index (Phi) is 3.47. The van der Waals surface area contributed by atoms with Gasteiger partial charge in [0.2, 0.25) is 0 Å². The van der Waals surface area contributed by atoms with Crippen molar-refractivity contribution in [2.75, 3.05) is 6.54 Å². The predicted molar refractivity (Wildman–Crippen MR) is 81.8 cm³/mol. The Morgan fingerprint density at radius 3 is 2.47 bits per heavy atom. The highest BCUT2D eigenvalue weighted by Crippen LogP contribution is 2.32. The fourth-order valence-electron chi connectivity index (χ4n) is 2.79. The number of allylic oxidation sites excluding steroid dienone is 1. The summed E-state index contributed by atoms with van der Waals surface area (Å²) in [5.74, 6) is 0. The second kappa shape index (κ2) is 5.41. The first kappa shape index (κ1) is 12.2. The van der Waals surface area contributed by atoms with Crippen LogP contribution in [0.15, 0.2) is 48.5 Å². The van der Waals surface area contributed by atoms with Gasteiger partial charge in [-0.25, -0.2) is 0 Å². The molecule has 0 unspecified atom stereocenters. The molecule has 1 heteroatoms. The van der Waals surface area contributed by atoms with Crippen LogP contribution < -0.4 is 5.73 Å². The lowest BCUT2D eigenvalue weighted by atomic mass is 9.95. The van der Waals surface area contributed by atoms with E-state index in [1.54, 1.807) is 0 Å². The topological polar surface area (TPSA) is 26.0 Å². The molecular weight excluding hydrogens is 230 g/mol. The summed E-state index contributed by atoms with van der Waals surface area (Å²) < 4.78 is 0. The molecule has 0 aromatic heterocycles. The highest BCUT2D eigenvalue weighted by molar-refractivity contribution is 5.85. The molecule has 3 rings (SSSR count). The molecule has 2 aromatic rings. The van der Waals surface area contributed by atoms with Crippen LogP contribution in [0.1, 0.15) is 35.1 Å². The molecule has 0 saturated heterocycles. The number of hydrogen-bond donors (Lipinski definition) is 1. The van der Waals surface area contributed by atoms with E-state index in [4.69, 9.17) is 5.73 Å². The van der Waals surface area contributed by atoms with Gasteiger partial charge in [-0.1, -0.05) is 54.6 Å². The van der Waals surface area contributed by atoms with Gasteiger partial charge in [-0.2, -0.15) is 0 Å². The van der Waals surface area contributed by atoms with Crippen molar-refractivity contribution >= 4 is 11.6 Å². The zero-order valence-electron chi connectivity index (χ0n) is 11.1. The number of hydrogen-bond acceptors (Lipinski definition) is 1. The number of nitrogens with two attached hydrogens (primary N) is 1. The molecule has 1 nitrogen and oxygen atoms in total. The van der Waals surface area contributed by atoms with E-state index in [2.05, 4.69) is 54.6 Å². The van der Waals surface area contributed by atoms with Crippen LogP contribution in [0.25, 0.3) is 11.6 Å². The van der Waals surface area contributed by atoms with Gasteiger partial charge in [0.15, 0.2) is 0 Å². The molecule has 19 heavy (non-hydrogen) atoms. The minimum atomic E-state index is 0.751. The van der Waals surface area contributed by atoms with Crippen molar-refractivity contribution in [3.8, 4) is 0 Å². The fourth-order valence-corrected chi connectivity index (χ4v) is 2.79. The van der Waals surface area contributed by atoms with E-state index in [1.807, 2.05) is 0 Å². The highest BCUT2D eigenvalue weighted by Gasteiger charge is 2.13. The van der Waals surface area contributed by atoms with E-state index in [1.165, 1.54) is 27.8 Å². The molecule has 2 N–H and O–H groups in total. The molecule has 0 spiro atoms. The molecular formula is C18H19N. The van der Waals surface area contributed by atoms with Crippen molar-refractivity contribution in [3.63, 3.8) is 0 Å². The first-order chi connectivity index (χ1) is 9.38. The third-order valence-corrected chi connectivity index (χ3v) is 3.78. The van der Waals surface area contributed by atoms with Gasteiger partial charge < -0.3 is 5.73 Å². The summed E-state index contributed by atoms with van der Waals surface area (Å²) in [5, 5.41) is 0. The zero-order valence-corrected chi connectivity index (χ0v) is 11.1. The molecule has 0 radical (unpaired) electrons. The van der Waals surface area contributed by atoms with Gasteiger partial charge in [-0.15, -0.1) is 0 Å². The summed E-state index contributed by atoms with van der Waals surface area (Å²) in [7, 11) is 0. The molecule has 0 heterocycles. The van der Waals surface area contributed by atoms with Gasteiger partial charge in [0.05, 0.1) is 0 Å². The van der Waals surface area contributed by atoms with Crippen LogP contribution in [0, 0.1) is 0 Å². The normalized spacial score (nSPS) is 13.2. The van der Waals surface area contributed by atoms with Crippen LogP contribution in [-0.2, 0) is 6.42 Å². The quantitative estimate of drug-likeness (QED) is 0.878.